The second-order valence-electron chi connectivity index (χ2n) is 4.98. The van der Waals surface area contributed by atoms with Gasteiger partial charge in [0.2, 0.25) is 0 Å². The van der Waals surface area contributed by atoms with Crippen molar-refractivity contribution in [3.05, 3.63) is 0 Å². The van der Waals surface area contributed by atoms with E-state index in [2.05, 4.69) is 19.2 Å². The number of rotatable bonds is 0. The zero-order valence-corrected chi connectivity index (χ0v) is 8.34. The second kappa shape index (κ2) is 3.37. The van der Waals surface area contributed by atoms with Crippen molar-refractivity contribution in [2.75, 3.05) is 6.54 Å². The van der Waals surface area contributed by atoms with Crippen molar-refractivity contribution in [2.45, 2.75) is 45.6 Å². The topological polar surface area (TPSA) is 12.0 Å². The Morgan fingerprint density at radius 1 is 1.00 bits per heavy atom. The Morgan fingerprint density at radius 2 is 1.83 bits per heavy atom. The maximum absolute atomic E-state index is 3.60. The molecule has 0 aromatic rings. The van der Waals surface area contributed by atoms with E-state index >= 15 is 0 Å². The minimum Gasteiger partial charge on any atom is -0.314 e. The van der Waals surface area contributed by atoms with Crippen molar-refractivity contribution in [3.8, 4) is 0 Å². The van der Waals surface area contributed by atoms with Gasteiger partial charge in [0, 0.05) is 6.04 Å². The van der Waals surface area contributed by atoms with Gasteiger partial charge in [0.25, 0.3) is 0 Å². The van der Waals surface area contributed by atoms with Crippen molar-refractivity contribution in [1.29, 1.82) is 0 Å². The van der Waals surface area contributed by atoms with Crippen LogP contribution in [0.25, 0.3) is 0 Å². The van der Waals surface area contributed by atoms with Gasteiger partial charge >= 0.3 is 0 Å². The van der Waals surface area contributed by atoms with Gasteiger partial charge in [-0.05, 0) is 50.5 Å². The van der Waals surface area contributed by atoms with E-state index in [9.17, 15) is 0 Å². The molecule has 2 fully saturated rings. The third-order valence-electron chi connectivity index (χ3n) is 3.79. The van der Waals surface area contributed by atoms with E-state index in [1.54, 1.807) is 0 Å². The molecule has 12 heavy (non-hydrogen) atoms. The summed E-state index contributed by atoms with van der Waals surface area (Å²) in [7, 11) is 0. The molecule has 2 rings (SSSR count). The molecule has 2 aliphatic rings. The van der Waals surface area contributed by atoms with E-state index in [-0.39, 0.29) is 0 Å². The standard InChI is InChI=1S/C11H21N/c1-8-3-4-10-7-12-9(2)6-11(10)5-8/h8-12H,3-7H2,1-2H3. The number of hydrogen-bond acceptors (Lipinski definition) is 1. The molecule has 1 heteroatoms. The summed E-state index contributed by atoms with van der Waals surface area (Å²) in [6.07, 6.45) is 5.87. The fraction of sp³-hybridized carbons (Fsp3) is 1.00. The van der Waals surface area contributed by atoms with Crippen LogP contribution in [0.1, 0.15) is 39.5 Å². The molecular formula is C11H21N. The highest BCUT2D eigenvalue weighted by Gasteiger charge is 2.32. The van der Waals surface area contributed by atoms with Crippen molar-refractivity contribution in [1.82, 2.24) is 5.32 Å². The molecule has 0 radical (unpaired) electrons. The molecule has 0 aromatic heterocycles. The lowest BCUT2D eigenvalue weighted by molar-refractivity contribution is 0.128. The molecule has 0 aromatic carbocycles. The Bertz CT molecular complexity index is 139. The summed E-state index contributed by atoms with van der Waals surface area (Å²) < 4.78 is 0. The average Bonchev–Trinajstić information content (AvgIpc) is 2.03. The molecule has 0 amide bonds. The highest BCUT2D eigenvalue weighted by Crippen LogP contribution is 2.37. The summed E-state index contributed by atoms with van der Waals surface area (Å²) in [5.41, 5.74) is 0. The van der Waals surface area contributed by atoms with E-state index in [0.717, 1.165) is 23.8 Å². The lowest BCUT2D eigenvalue weighted by Crippen LogP contribution is -2.44. The smallest absolute Gasteiger partial charge is 0.00415 e. The lowest BCUT2D eigenvalue weighted by atomic mass is 9.70. The van der Waals surface area contributed by atoms with Crippen molar-refractivity contribution in [2.24, 2.45) is 17.8 Å². The quantitative estimate of drug-likeness (QED) is 0.584. The molecule has 4 unspecified atom stereocenters. The van der Waals surface area contributed by atoms with Crippen LogP contribution in [0.15, 0.2) is 0 Å². The Labute approximate surface area is 75.9 Å². The van der Waals surface area contributed by atoms with Gasteiger partial charge in [-0.2, -0.15) is 0 Å². The summed E-state index contributed by atoms with van der Waals surface area (Å²) in [5, 5.41) is 3.60. The molecule has 1 saturated heterocycles. The highest BCUT2D eigenvalue weighted by molar-refractivity contribution is 4.86. The highest BCUT2D eigenvalue weighted by atomic mass is 14.9. The van der Waals surface area contributed by atoms with Gasteiger partial charge in [-0.15, -0.1) is 0 Å². The van der Waals surface area contributed by atoms with Crippen LogP contribution in [0.3, 0.4) is 0 Å². The first-order valence-electron chi connectivity index (χ1n) is 5.49. The van der Waals surface area contributed by atoms with E-state index < -0.39 is 0 Å². The summed E-state index contributed by atoms with van der Waals surface area (Å²) in [6.45, 7) is 6.04. The Hall–Kier alpha value is -0.0400. The van der Waals surface area contributed by atoms with Gasteiger partial charge in [0.1, 0.15) is 0 Å². The maximum Gasteiger partial charge on any atom is 0.00415 e. The molecule has 0 bridgehead atoms. The summed E-state index contributed by atoms with van der Waals surface area (Å²) in [4.78, 5) is 0. The Morgan fingerprint density at radius 3 is 2.67 bits per heavy atom. The van der Waals surface area contributed by atoms with Crippen LogP contribution in [-0.2, 0) is 0 Å². The minimum atomic E-state index is 0.775. The largest absolute Gasteiger partial charge is 0.314 e. The number of fused-ring (bicyclic) bond motifs is 1. The predicted molar refractivity (Wildman–Crippen MR) is 52.1 cm³/mol. The summed E-state index contributed by atoms with van der Waals surface area (Å²) >= 11 is 0. The zero-order valence-electron chi connectivity index (χ0n) is 8.34. The summed E-state index contributed by atoms with van der Waals surface area (Å²) in [5.74, 6) is 3.05. The second-order valence-corrected chi connectivity index (χ2v) is 4.98. The van der Waals surface area contributed by atoms with E-state index in [1.807, 2.05) is 0 Å². The van der Waals surface area contributed by atoms with Crippen LogP contribution in [0.5, 0.6) is 0 Å². The lowest BCUT2D eigenvalue weighted by Gasteiger charge is -2.41. The van der Waals surface area contributed by atoms with Gasteiger partial charge in [-0.25, -0.2) is 0 Å². The van der Waals surface area contributed by atoms with Gasteiger partial charge in [-0.1, -0.05) is 13.3 Å². The predicted octanol–water partition coefficient (Wildman–Crippen LogP) is 2.42. The Balaban J connectivity index is 1.94. The maximum atomic E-state index is 3.60. The molecule has 1 N–H and O–H groups in total. The first-order valence-corrected chi connectivity index (χ1v) is 5.49. The summed E-state index contributed by atoms with van der Waals surface area (Å²) in [6, 6.07) is 0.775. The third kappa shape index (κ3) is 1.66. The van der Waals surface area contributed by atoms with Crippen LogP contribution < -0.4 is 5.32 Å². The average molecular weight is 167 g/mol. The minimum absolute atomic E-state index is 0.775. The molecular weight excluding hydrogens is 146 g/mol. The SMILES string of the molecule is CC1CCC2CNC(C)CC2C1. The monoisotopic (exact) mass is 167 g/mol. The van der Waals surface area contributed by atoms with Crippen LogP contribution >= 0.6 is 0 Å². The molecule has 1 heterocycles. The van der Waals surface area contributed by atoms with Crippen LogP contribution in [0.2, 0.25) is 0 Å². The molecule has 1 nitrogen and oxygen atoms in total. The molecule has 1 aliphatic carbocycles. The fourth-order valence-corrected chi connectivity index (χ4v) is 3.01. The van der Waals surface area contributed by atoms with E-state index in [4.69, 9.17) is 0 Å². The first-order chi connectivity index (χ1) is 5.75. The van der Waals surface area contributed by atoms with Gasteiger partial charge < -0.3 is 5.32 Å². The van der Waals surface area contributed by atoms with Crippen molar-refractivity contribution >= 4 is 0 Å². The van der Waals surface area contributed by atoms with Crippen molar-refractivity contribution in [3.63, 3.8) is 0 Å². The zero-order chi connectivity index (χ0) is 8.55. The molecule has 70 valence electrons. The third-order valence-corrected chi connectivity index (χ3v) is 3.79. The number of nitrogens with one attached hydrogen (secondary N) is 1. The normalized spacial score (nSPS) is 48.5. The molecule has 1 aliphatic heterocycles. The van der Waals surface area contributed by atoms with Gasteiger partial charge in [0.15, 0.2) is 0 Å². The Kier molecular flexibility index (Phi) is 2.40. The van der Waals surface area contributed by atoms with Gasteiger partial charge in [0.05, 0.1) is 0 Å². The van der Waals surface area contributed by atoms with E-state index in [0.29, 0.717) is 0 Å². The number of piperidine rings is 1. The van der Waals surface area contributed by atoms with Crippen LogP contribution in [0, 0.1) is 17.8 Å². The van der Waals surface area contributed by atoms with Crippen LogP contribution in [-0.4, -0.2) is 12.6 Å². The van der Waals surface area contributed by atoms with Gasteiger partial charge in [-0.3, -0.25) is 0 Å². The fourth-order valence-electron chi connectivity index (χ4n) is 3.01. The molecule has 0 spiro atoms. The van der Waals surface area contributed by atoms with E-state index in [1.165, 1.54) is 32.2 Å². The first kappa shape index (κ1) is 8.55. The molecule has 4 atom stereocenters. The number of hydrogen-bond donors (Lipinski definition) is 1. The molecule has 1 saturated carbocycles. The van der Waals surface area contributed by atoms with Crippen molar-refractivity contribution < 1.29 is 0 Å². The van der Waals surface area contributed by atoms with Crippen LogP contribution in [0.4, 0.5) is 0 Å².